The molecule has 2 aromatic carbocycles. The Labute approximate surface area is 183 Å². The van der Waals surface area contributed by atoms with Crippen molar-refractivity contribution in [3.8, 4) is 0 Å². The van der Waals surface area contributed by atoms with Gasteiger partial charge in [-0.3, -0.25) is 9.59 Å². The zero-order valence-corrected chi connectivity index (χ0v) is 19.2. The summed E-state index contributed by atoms with van der Waals surface area (Å²) in [6.07, 6.45) is 1.34. The fraction of sp³-hybridized carbons (Fsp3) is 0.391. The number of anilines is 1. The lowest BCUT2D eigenvalue weighted by Crippen LogP contribution is -2.45. The Kier molecular flexibility index (Phi) is 6.81. The van der Waals surface area contributed by atoms with E-state index in [1.807, 2.05) is 38.1 Å². The van der Waals surface area contributed by atoms with Gasteiger partial charge in [-0.05, 0) is 63.8 Å². The van der Waals surface area contributed by atoms with Crippen LogP contribution in [0.1, 0.15) is 35.1 Å². The Morgan fingerprint density at radius 2 is 1.58 bits per heavy atom. The van der Waals surface area contributed by atoms with Gasteiger partial charge in [0.25, 0.3) is 0 Å². The molecule has 2 amide bonds. The first-order valence-electron chi connectivity index (χ1n) is 10.3. The highest BCUT2D eigenvalue weighted by Gasteiger charge is 2.37. The first-order valence-corrected chi connectivity index (χ1v) is 11.8. The predicted molar refractivity (Wildman–Crippen MR) is 120 cm³/mol. The highest BCUT2D eigenvalue weighted by Crippen LogP contribution is 2.30. The van der Waals surface area contributed by atoms with Crippen LogP contribution in [0.25, 0.3) is 0 Å². The summed E-state index contributed by atoms with van der Waals surface area (Å²) in [7, 11) is -3.71. The zero-order chi connectivity index (χ0) is 22.8. The minimum Gasteiger partial charge on any atom is -0.346 e. The lowest BCUT2D eigenvalue weighted by Gasteiger charge is -2.26. The summed E-state index contributed by atoms with van der Waals surface area (Å²) in [6.45, 7) is 7.95. The molecule has 1 heterocycles. The highest BCUT2D eigenvalue weighted by molar-refractivity contribution is 7.89. The average Bonchev–Trinajstić information content (AvgIpc) is 3.16. The minimum absolute atomic E-state index is 0.0866. The second-order valence-electron chi connectivity index (χ2n) is 8.17. The maximum absolute atomic E-state index is 13.4. The number of rotatable bonds is 5. The lowest BCUT2D eigenvalue weighted by molar-refractivity contribution is -0.136. The predicted octanol–water partition coefficient (Wildman–Crippen LogP) is 2.83. The van der Waals surface area contributed by atoms with Crippen LogP contribution in [-0.4, -0.2) is 43.7 Å². The SMILES string of the molecule is Cc1ccc(NC(=O)C(=O)NC[C@H]2CCCN2S(=O)(=O)c2c(C)cc(C)cc2C)cc1. The van der Waals surface area contributed by atoms with Crippen molar-refractivity contribution in [2.24, 2.45) is 0 Å². The average molecular weight is 444 g/mol. The number of hydrogen-bond acceptors (Lipinski definition) is 4. The molecule has 3 rings (SSSR count). The van der Waals surface area contributed by atoms with Crippen LogP contribution >= 0.6 is 0 Å². The molecule has 7 nitrogen and oxygen atoms in total. The summed E-state index contributed by atoms with van der Waals surface area (Å²) in [6, 6.07) is 10.5. The van der Waals surface area contributed by atoms with Gasteiger partial charge in [-0.2, -0.15) is 4.31 Å². The molecule has 0 bridgehead atoms. The number of amides is 2. The van der Waals surface area contributed by atoms with Crippen LogP contribution in [0.5, 0.6) is 0 Å². The van der Waals surface area contributed by atoms with E-state index < -0.39 is 21.8 Å². The van der Waals surface area contributed by atoms with Crippen LogP contribution in [-0.2, 0) is 19.6 Å². The second kappa shape index (κ2) is 9.20. The van der Waals surface area contributed by atoms with Crippen LogP contribution < -0.4 is 10.6 Å². The topological polar surface area (TPSA) is 95.6 Å². The molecular weight excluding hydrogens is 414 g/mol. The van der Waals surface area contributed by atoms with Gasteiger partial charge in [-0.15, -0.1) is 0 Å². The molecular formula is C23H29N3O4S. The number of carbonyl (C=O) groups excluding carboxylic acids is 2. The Balaban J connectivity index is 1.67. The molecule has 31 heavy (non-hydrogen) atoms. The molecule has 166 valence electrons. The molecule has 0 unspecified atom stereocenters. The van der Waals surface area contributed by atoms with Gasteiger partial charge in [0.1, 0.15) is 0 Å². The fourth-order valence-corrected chi connectivity index (χ4v) is 6.24. The van der Waals surface area contributed by atoms with Crippen molar-refractivity contribution in [2.75, 3.05) is 18.4 Å². The number of aryl methyl sites for hydroxylation is 4. The Morgan fingerprint density at radius 3 is 2.19 bits per heavy atom. The normalized spacial score (nSPS) is 16.8. The largest absolute Gasteiger partial charge is 0.346 e. The van der Waals surface area contributed by atoms with E-state index in [0.717, 1.165) is 11.1 Å². The molecule has 1 aliphatic rings. The molecule has 1 saturated heterocycles. The standard InChI is InChI=1S/C23H29N3O4S/c1-15-7-9-19(10-8-15)25-23(28)22(27)24-14-20-6-5-11-26(20)31(29,30)21-17(3)12-16(2)13-18(21)4/h7-10,12-13,20H,5-6,11,14H2,1-4H3,(H,24,27)(H,25,28)/t20-/m1/s1. The molecule has 2 N–H and O–H groups in total. The third-order valence-electron chi connectivity index (χ3n) is 5.51. The van der Waals surface area contributed by atoms with Gasteiger partial charge in [-0.1, -0.05) is 35.4 Å². The number of sulfonamides is 1. The zero-order valence-electron chi connectivity index (χ0n) is 18.4. The van der Waals surface area contributed by atoms with E-state index in [4.69, 9.17) is 0 Å². The van der Waals surface area contributed by atoms with Crippen molar-refractivity contribution in [1.29, 1.82) is 0 Å². The van der Waals surface area contributed by atoms with Gasteiger partial charge in [0.2, 0.25) is 10.0 Å². The number of hydrogen-bond donors (Lipinski definition) is 2. The molecule has 0 saturated carbocycles. The van der Waals surface area contributed by atoms with Crippen LogP contribution in [0.15, 0.2) is 41.3 Å². The van der Waals surface area contributed by atoms with Gasteiger partial charge < -0.3 is 10.6 Å². The van der Waals surface area contributed by atoms with Crippen LogP contribution in [0.4, 0.5) is 5.69 Å². The van der Waals surface area contributed by atoms with E-state index in [1.165, 1.54) is 4.31 Å². The number of nitrogens with zero attached hydrogens (tertiary/aromatic N) is 1. The maximum Gasteiger partial charge on any atom is 0.313 e. The van der Waals surface area contributed by atoms with Gasteiger partial charge >= 0.3 is 11.8 Å². The van der Waals surface area contributed by atoms with Gasteiger partial charge in [0.05, 0.1) is 4.90 Å². The van der Waals surface area contributed by atoms with Crippen molar-refractivity contribution >= 4 is 27.5 Å². The molecule has 2 aromatic rings. The number of nitrogens with one attached hydrogen (secondary N) is 2. The highest BCUT2D eigenvalue weighted by atomic mass is 32.2. The molecule has 1 fully saturated rings. The molecule has 0 spiro atoms. The molecule has 0 aliphatic carbocycles. The van der Waals surface area contributed by atoms with E-state index in [1.54, 1.807) is 26.0 Å². The first kappa shape index (κ1) is 23.0. The fourth-order valence-electron chi connectivity index (χ4n) is 4.14. The summed E-state index contributed by atoms with van der Waals surface area (Å²) in [5.41, 5.74) is 4.01. The summed E-state index contributed by atoms with van der Waals surface area (Å²) < 4.78 is 28.2. The van der Waals surface area contributed by atoms with E-state index >= 15 is 0 Å². The van der Waals surface area contributed by atoms with E-state index in [2.05, 4.69) is 10.6 Å². The summed E-state index contributed by atoms with van der Waals surface area (Å²) >= 11 is 0. The maximum atomic E-state index is 13.4. The van der Waals surface area contributed by atoms with Crippen molar-refractivity contribution in [1.82, 2.24) is 9.62 Å². The van der Waals surface area contributed by atoms with E-state index in [-0.39, 0.29) is 12.6 Å². The van der Waals surface area contributed by atoms with E-state index in [0.29, 0.717) is 41.1 Å². The first-order chi connectivity index (χ1) is 14.6. The molecule has 8 heteroatoms. The minimum atomic E-state index is -3.71. The van der Waals surface area contributed by atoms with Crippen molar-refractivity contribution < 1.29 is 18.0 Å². The van der Waals surface area contributed by atoms with Gasteiger partial charge in [0, 0.05) is 24.8 Å². The Bertz CT molecular complexity index is 1070. The van der Waals surface area contributed by atoms with Crippen molar-refractivity contribution in [3.63, 3.8) is 0 Å². The third kappa shape index (κ3) is 5.14. The molecule has 0 aromatic heterocycles. The summed E-state index contributed by atoms with van der Waals surface area (Å²) in [5, 5.41) is 5.14. The van der Waals surface area contributed by atoms with Crippen LogP contribution in [0.2, 0.25) is 0 Å². The second-order valence-corrected chi connectivity index (χ2v) is 10.00. The third-order valence-corrected chi connectivity index (χ3v) is 7.77. The van der Waals surface area contributed by atoms with Crippen molar-refractivity contribution in [3.05, 3.63) is 58.7 Å². The quantitative estimate of drug-likeness (QED) is 0.695. The van der Waals surface area contributed by atoms with Crippen LogP contribution in [0.3, 0.4) is 0 Å². The monoisotopic (exact) mass is 443 g/mol. The number of benzene rings is 2. The van der Waals surface area contributed by atoms with Crippen LogP contribution in [0, 0.1) is 27.7 Å². The molecule has 1 aliphatic heterocycles. The lowest BCUT2D eigenvalue weighted by atomic mass is 10.1. The summed E-state index contributed by atoms with van der Waals surface area (Å²) in [5.74, 6) is -1.56. The van der Waals surface area contributed by atoms with Gasteiger partial charge in [0.15, 0.2) is 0 Å². The number of carbonyl (C=O) groups is 2. The Morgan fingerprint density at radius 1 is 0.968 bits per heavy atom. The molecule has 1 atom stereocenters. The summed E-state index contributed by atoms with van der Waals surface area (Å²) in [4.78, 5) is 24.7. The molecule has 0 radical (unpaired) electrons. The van der Waals surface area contributed by atoms with Gasteiger partial charge in [-0.25, -0.2) is 8.42 Å². The van der Waals surface area contributed by atoms with Crippen molar-refractivity contribution in [2.45, 2.75) is 51.5 Å². The van der Waals surface area contributed by atoms with E-state index in [9.17, 15) is 18.0 Å². The smallest absolute Gasteiger partial charge is 0.313 e. The Hall–Kier alpha value is -2.71.